The average Bonchev–Trinajstić information content (AvgIpc) is 2.53. The summed E-state index contributed by atoms with van der Waals surface area (Å²) in [6.45, 7) is 3.22. The van der Waals surface area contributed by atoms with E-state index in [-0.39, 0.29) is 5.82 Å². The van der Waals surface area contributed by atoms with Crippen LogP contribution in [-0.4, -0.2) is 53.4 Å². The normalized spacial score (nSPS) is 11.4. The SMILES string of the molecule is CN=C(NCCCOC)NCCCN(C)c1cccc(F)c1. The smallest absolute Gasteiger partial charge is 0.190 e. The quantitative estimate of drug-likeness (QED) is 0.415. The van der Waals surface area contributed by atoms with Crippen LogP contribution in [0.5, 0.6) is 0 Å². The summed E-state index contributed by atoms with van der Waals surface area (Å²) in [6.07, 6.45) is 1.88. The lowest BCUT2D eigenvalue weighted by Gasteiger charge is -2.19. The van der Waals surface area contributed by atoms with Crippen molar-refractivity contribution < 1.29 is 9.13 Å². The monoisotopic (exact) mass is 310 g/mol. The summed E-state index contributed by atoms with van der Waals surface area (Å²) in [5.74, 6) is 0.590. The Morgan fingerprint density at radius 2 is 2.00 bits per heavy atom. The van der Waals surface area contributed by atoms with Gasteiger partial charge in [0.15, 0.2) is 5.96 Å². The molecule has 1 aromatic carbocycles. The molecule has 0 radical (unpaired) electrons. The minimum Gasteiger partial charge on any atom is -0.385 e. The molecule has 0 unspecified atom stereocenters. The van der Waals surface area contributed by atoms with Gasteiger partial charge in [0.1, 0.15) is 5.82 Å². The van der Waals surface area contributed by atoms with E-state index in [1.54, 1.807) is 26.3 Å². The Morgan fingerprint density at radius 3 is 2.64 bits per heavy atom. The number of anilines is 1. The van der Waals surface area contributed by atoms with Crippen molar-refractivity contribution in [1.82, 2.24) is 10.6 Å². The van der Waals surface area contributed by atoms with E-state index in [4.69, 9.17) is 4.74 Å². The number of ether oxygens (including phenoxy) is 1. The lowest BCUT2D eigenvalue weighted by atomic mass is 10.2. The first-order valence-corrected chi connectivity index (χ1v) is 7.57. The molecule has 0 amide bonds. The van der Waals surface area contributed by atoms with Crippen LogP contribution < -0.4 is 15.5 Å². The van der Waals surface area contributed by atoms with E-state index in [9.17, 15) is 4.39 Å². The van der Waals surface area contributed by atoms with E-state index >= 15 is 0 Å². The van der Waals surface area contributed by atoms with Crippen molar-refractivity contribution in [3.8, 4) is 0 Å². The first kappa shape index (κ1) is 18.2. The molecule has 0 spiro atoms. The third-order valence-electron chi connectivity index (χ3n) is 3.25. The van der Waals surface area contributed by atoms with Crippen LogP contribution in [0.1, 0.15) is 12.8 Å². The first-order chi connectivity index (χ1) is 10.7. The fraction of sp³-hybridized carbons (Fsp3) is 0.562. The molecule has 0 aliphatic carbocycles. The van der Waals surface area contributed by atoms with E-state index < -0.39 is 0 Å². The van der Waals surface area contributed by atoms with Gasteiger partial charge in [-0.05, 0) is 31.0 Å². The maximum atomic E-state index is 13.2. The summed E-state index contributed by atoms with van der Waals surface area (Å²) < 4.78 is 18.2. The third-order valence-corrected chi connectivity index (χ3v) is 3.25. The Morgan fingerprint density at radius 1 is 1.27 bits per heavy atom. The number of methoxy groups -OCH3 is 1. The van der Waals surface area contributed by atoms with E-state index in [0.29, 0.717) is 0 Å². The Hall–Kier alpha value is -1.82. The number of guanidine groups is 1. The maximum Gasteiger partial charge on any atom is 0.190 e. The van der Waals surface area contributed by atoms with Gasteiger partial charge < -0.3 is 20.3 Å². The molecular weight excluding hydrogens is 283 g/mol. The molecule has 0 atom stereocenters. The number of hydrogen-bond donors (Lipinski definition) is 2. The van der Waals surface area contributed by atoms with Gasteiger partial charge in [-0.3, -0.25) is 4.99 Å². The van der Waals surface area contributed by atoms with Crippen LogP contribution in [-0.2, 0) is 4.74 Å². The van der Waals surface area contributed by atoms with Crippen LogP contribution in [0.4, 0.5) is 10.1 Å². The molecule has 0 saturated carbocycles. The van der Waals surface area contributed by atoms with Gasteiger partial charge in [0.2, 0.25) is 0 Å². The van der Waals surface area contributed by atoms with Crippen molar-refractivity contribution in [3.63, 3.8) is 0 Å². The zero-order chi connectivity index (χ0) is 16.2. The molecule has 22 heavy (non-hydrogen) atoms. The molecular formula is C16H27FN4O. The van der Waals surface area contributed by atoms with Crippen LogP contribution in [0.15, 0.2) is 29.3 Å². The summed E-state index contributed by atoms with van der Waals surface area (Å²) in [7, 11) is 5.42. The maximum absolute atomic E-state index is 13.2. The molecule has 124 valence electrons. The Kier molecular flexibility index (Phi) is 8.98. The minimum atomic E-state index is -0.205. The van der Waals surface area contributed by atoms with E-state index in [2.05, 4.69) is 15.6 Å². The second-order valence-corrected chi connectivity index (χ2v) is 5.03. The van der Waals surface area contributed by atoms with Crippen molar-refractivity contribution in [2.24, 2.45) is 4.99 Å². The molecule has 1 rings (SSSR count). The summed E-state index contributed by atoms with van der Waals surface area (Å²) in [5, 5.41) is 6.49. The van der Waals surface area contributed by atoms with Crippen molar-refractivity contribution in [3.05, 3.63) is 30.1 Å². The van der Waals surface area contributed by atoms with Crippen molar-refractivity contribution in [1.29, 1.82) is 0 Å². The van der Waals surface area contributed by atoms with Crippen LogP contribution >= 0.6 is 0 Å². The van der Waals surface area contributed by atoms with E-state index in [1.807, 2.05) is 18.0 Å². The highest BCUT2D eigenvalue weighted by Crippen LogP contribution is 2.13. The third kappa shape index (κ3) is 7.26. The Bertz CT molecular complexity index is 454. The number of aliphatic imine (C=N–C) groups is 1. The number of hydrogen-bond acceptors (Lipinski definition) is 3. The molecule has 0 saturated heterocycles. The lowest BCUT2D eigenvalue weighted by molar-refractivity contribution is 0.195. The second-order valence-electron chi connectivity index (χ2n) is 5.03. The second kappa shape index (κ2) is 10.8. The fourth-order valence-electron chi connectivity index (χ4n) is 2.01. The van der Waals surface area contributed by atoms with Crippen molar-refractivity contribution in [2.75, 3.05) is 52.3 Å². The van der Waals surface area contributed by atoms with Crippen molar-refractivity contribution >= 4 is 11.6 Å². The van der Waals surface area contributed by atoms with Gasteiger partial charge in [0.25, 0.3) is 0 Å². The van der Waals surface area contributed by atoms with Crippen LogP contribution in [0.25, 0.3) is 0 Å². The predicted octanol–water partition coefficient (Wildman–Crippen LogP) is 1.85. The van der Waals surface area contributed by atoms with Crippen LogP contribution in [0, 0.1) is 5.82 Å². The summed E-state index contributed by atoms with van der Waals surface area (Å²) in [4.78, 5) is 6.20. The lowest BCUT2D eigenvalue weighted by Crippen LogP contribution is -2.39. The van der Waals surface area contributed by atoms with E-state index in [0.717, 1.165) is 50.7 Å². The molecule has 2 N–H and O–H groups in total. The molecule has 1 aromatic rings. The van der Waals surface area contributed by atoms with Gasteiger partial charge in [0.05, 0.1) is 0 Å². The zero-order valence-corrected chi connectivity index (χ0v) is 13.7. The van der Waals surface area contributed by atoms with Gasteiger partial charge in [-0.2, -0.15) is 0 Å². The summed E-state index contributed by atoms with van der Waals surface area (Å²) >= 11 is 0. The highest BCUT2D eigenvalue weighted by atomic mass is 19.1. The van der Waals surface area contributed by atoms with Gasteiger partial charge in [-0.25, -0.2) is 4.39 Å². The number of halogens is 1. The zero-order valence-electron chi connectivity index (χ0n) is 13.7. The van der Waals surface area contributed by atoms with Crippen LogP contribution in [0.3, 0.4) is 0 Å². The average molecular weight is 310 g/mol. The molecule has 0 fully saturated rings. The largest absolute Gasteiger partial charge is 0.385 e. The molecule has 0 bridgehead atoms. The van der Waals surface area contributed by atoms with Crippen molar-refractivity contribution in [2.45, 2.75) is 12.8 Å². The topological polar surface area (TPSA) is 48.9 Å². The first-order valence-electron chi connectivity index (χ1n) is 7.57. The van der Waals surface area contributed by atoms with E-state index in [1.165, 1.54) is 6.07 Å². The predicted molar refractivity (Wildman–Crippen MR) is 90.1 cm³/mol. The highest BCUT2D eigenvalue weighted by molar-refractivity contribution is 5.79. The standard InChI is InChI=1S/C16H27FN4O/c1-18-16(20-10-6-12-22-3)19-9-5-11-21(2)15-8-4-7-14(17)13-15/h4,7-8,13H,5-6,9-12H2,1-3H3,(H2,18,19,20). The highest BCUT2D eigenvalue weighted by Gasteiger charge is 2.02. The van der Waals surface area contributed by atoms with Gasteiger partial charge in [-0.1, -0.05) is 6.07 Å². The number of rotatable bonds is 9. The number of nitrogens with one attached hydrogen (secondary N) is 2. The Labute approximate surface area is 132 Å². The Balaban J connectivity index is 2.20. The molecule has 5 nitrogen and oxygen atoms in total. The molecule has 0 heterocycles. The molecule has 6 heteroatoms. The molecule has 0 aliphatic rings. The summed E-state index contributed by atoms with van der Waals surface area (Å²) in [6, 6.07) is 6.64. The summed E-state index contributed by atoms with van der Waals surface area (Å²) in [5.41, 5.74) is 0.891. The number of nitrogens with zero attached hydrogens (tertiary/aromatic N) is 2. The van der Waals surface area contributed by atoms with Gasteiger partial charge >= 0.3 is 0 Å². The molecule has 0 aliphatic heterocycles. The minimum absolute atomic E-state index is 0.205. The molecule has 0 aromatic heterocycles. The van der Waals surface area contributed by atoms with Gasteiger partial charge in [-0.15, -0.1) is 0 Å². The fourth-order valence-corrected chi connectivity index (χ4v) is 2.01. The van der Waals surface area contributed by atoms with Gasteiger partial charge in [0, 0.05) is 53.1 Å². The van der Waals surface area contributed by atoms with Crippen LogP contribution in [0.2, 0.25) is 0 Å². The number of benzene rings is 1.